The fraction of sp³-hybridized carbons (Fsp3) is 0.125. The molecule has 0 saturated heterocycles. The van der Waals surface area contributed by atoms with Gasteiger partial charge in [0.25, 0.3) is 0 Å². The van der Waals surface area contributed by atoms with Gasteiger partial charge in [0.05, 0.1) is 6.54 Å². The molecule has 0 unspecified atom stereocenters. The predicted octanol–water partition coefficient (Wildman–Crippen LogP) is 1.73. The van der Waals surface area contributed by atoms with Crippen LogP contribution in [-0.4, -0.2) is 12.3 Å². The number of hydrogen-bond acceptors (Lipinski definition) is 2. The van der Waals surface area contributed by atoms with Gasteiger partial charge >= 0.3 is 0 Å². The van der Waals surface area contributed by atoms with E-state index in [-0.39, 0.29) is 17.9 Å². The molecule has 0 aliphatic carbocycles. The Kier molecular flexibility index (Phi) is 2.94. The van der Waals surface area contributed by atoms with Crippen LogP contribution in [0.25, 0.3) is 0 Å². The highest BCUT2D eigenvalue weighted by atomic mass is 79.9. The van der Waals surface area contributed by atoms with E-state index in [1.807, 2.05) is 0 Å². The third-order valence-electron chi connectivity index (χ3n) is 1.41. The Balaban J connectivity index is 3.13. The third-order valence-corrected chi connectivity index (χ3v) is 2.11. The maximum atomic E-state index is 12.6. The van der Waals surface area contributed by atoms with Gasteiger partial charge in [-0.2, -0.15) is 0 Å². The minimum atomic E-state index is -0.435. The summed E-state index contributed by atoms with van der Waals surface area (Å²) in [6.45, 7) is -0.109. The number of carbonyl (C=O) groups is 1. The van der Waals surface area contributed by atoms with E-state index in [9.17, 15) is 9.18 Å². The van der Waals surface area contributed by atoms with E-state index in [1.165, 1.54) is 18.2 Å². The maximum absolute atomic E-state index is 12.6. The molecule has 64 valence electrons. The second kappa shape index (κ2) is 3.78. The van der Waals surface area contributed by atoms with Crippen LogP contribution < -0.4 is 5.73 Å². The number of hydrogen-bond donors (Lipinski definition) is 1. The molecule has 2 nitrogen and oxygen atoms in total. The van der Waals surface area contributed by atoms with Crippen LogP contribution in [0.15, 0.2) is 22.7 Å². The molecule has 2 N–H and O–H groups in total. The van der Waals surface area contributed by atoms with Crippen LogP contribution in [0.1, 0.15) is 10.4 Å². The largest absolute Gasteiger partial charge is 0.324 e. The van der Waals surface area contributed by atoms with E-state index in [0.29, 0.717) is 4.47 Å². The smallest absolute Gasteiger partial charge is 0.177 e. The standard InChI is InChI=1S/C8H7BrFNO/c9-7-2-1-5(10)3-6(7)8(12)4-11/h1-3H,4,11H2. The summed E-state index contributed by atoms with van der Waals surface area (Å²) in [6, 6.07) is 3.93. The number of nitrogens with two attached hydrogens (primary N) is 1. The van der Waals surface area contributed by atoms with Crippen molar-refractivity contribution in [1.82, 2.24) is 0 Å². The van der Waals surface area contributed by atoms with Gasteiger partial charge in [-0.1, -0.05) is 15.9 Å². The lowest BCUT2D eigenvalue weighted by molar-refractivity contribution is 0.1000. The van der Waals surface area contributed by atoms with Crippen molar-refractivity contribution in [3.8, 4) is 0 Å². The molecule has 1 aromatic rings. The number of Topliss-reactive ketones (excluding diaryl/α,β-unsaturated/α-hetero) is 1. The van der Waals surface area contributed by atoms with E-state index in [2.05, 4.69) is 15.9 Å². The zero-order valence-electron chi connectivity index (χ0n) is 6.18. The van der Waals surface area contributed by atoms with E-state index >= 15 is 0 Å². The predicted molar refractivity (Wildman–Crippen MR) is 47.5 cm³/mol. The molecular weight excluding hydrogens is 225 g/mol. The van der Waals surface area contributed by atoms with Crippen molar-refractivity contribution in [2.24, 2.45) is 5.73 Å². The fourth-order valence-corrected chi connectivity index (χ4v) is 1.29. The van der Waals surface area contributed by atoms with Crippen molar-refractivity contribution in [3.63, 3.8) is 0 Å². The summed E-state index contributed by atoms with van der Waals surface area (Å²) < 4.78 is 13.2. The van der Waals surface area contributed by atoms with E-state index < -0.39 is 5.82 Å². The Morgan fingerprint density at radius 3 is 2.83 bits per heavy atom. The van der Waals surface area contributed by atoms with Crippen molar-refractivity contribution >= 4 is 21.7 Å². The molecular formula is C8H7BrFNO. The maximum Gasteiger partial charge on any atom is 0.177 e. The van der Waals surface area contributed by atoms with Gasteiger partial charge in [-0.25, -0.2) is 4.39 Å². The average Bonchev–Trinajstić information content (AvgIpc) is 2.08. The number of halogens is 2. The van der Waals surface area contributed by atoms with Gasteiger partial charge in [0.2, 0.25) is 0 Å². The molecule has 0 amide bonds. The first-order valence-electron chi connectivity index (χ1n) is 3.33. The molecule has 1 aromatic carbocycles. The van der Waals surface area contributed by atoms with Crippen molar-refractivity contribution in [2.75, 3.05) is 6.54 Å². The Morgan fingerprint density at radius 1 is 1.58 bits per heavy atom. The van der Waals surface area contributed by atoms with Crippen LogP contribution in [-0.2, 0) is 0 Å². The Labute approximate surface area is 77.7 Å². The number of ketones is 1. The number of benzene rings is 1. The van der Waals surface area contributed by atoms with Crippen LogP contribution in [0, 0.1) is 5.82 Å². The van der Waals surface area contributed by atoms with Crippen molar-refractivity contribution < 1.29 is 9.18 Å². The van der Waals surface area contributed by atoms with Crippen LogP contribution in [0.2, 0.25) is 0 Å². The molecule has 0 fully saturated rings. The summed E-state index contributed by atoms with van der Waals surface area (Å²) in [6.07, 6.45) is 0. The van der Waals surface area contributed by atoms with Gasteiger partial charge < -0.3 is 5.73 Å². The SMILES string of the molecule is NCC(=O)c1cc(F)ccc1Br. The first-order chi connectivity index (χ1) is 5.65. The summed E-state index contributed by atoms with van der Waals surface area (Å²) in [4.78, 5) is 11.1. The first kappa shape index (κ1) is 9.35. The van der Waals surface area contributed by atoms with Crippen LogP contribution in [0.4, 0.5) is 4.39 Å². The molecule has 0 atom stereocenters. The molecule has 0 saturated carbocycles. The summed E-state index contributed by atoms with van der Waals surface area (Å²) >= 11 is 3.13. The Morgan fingerprint density at radius 2 is 2.25 bits per heavy atom. The molecule has 0 aliphatic heterocycles. The van der Waals surface area contributed by atoms with Gasteiger partial charge in [0.15, 0.2) is 5.78 Å². The lowest BCUT2D eigenvalue weighted by atomic mass is 10.1. The second-order valence-electron chi connectivity index (χ2n) is 2.25. The van der Waals surface area contributed by atoms with E-state index in [1.54, 1.807) is 0 Å². The molecule has 0 spiro atoms. The monoisotopic (exact) mass is 231 g/mol. The van der Waals surface area contributed by atoms with E-state index in [4.69, 9.17) is 5.73 Å². The Hall–Kier alpha value is -0.740. The number of rotatable bonds is 2. The van der Waals surface area contributed by atoms with Gasteiger partial charge in [0.1, 0.15) is 5.82 Å². The van der Waals surface area contributed by atoms with Crippen molar-refractivity contribution in [3.05, 3.63) is 34.1 Å². The highest BCUT2D eigenvalue weighted by Crippen LogP contribution is 2.17. The van der Waals surface area contributed by atoms with Crippen molar-refractivity contribution in [2.45, 2.75) is 0 Å². The number of carbonyl (C=O) groups excluding carboxylic acids is 1. The summed E-state index contributed by atoms with van der Waals surface area (Å²) in [5.41, 5.74) is 5.42. The second-order valence-corrected chi connectivity index (χ2v) is 3.11. The zero-order chi connectivity index (χ0) is 9.14. The summed E-state index contributed by atoms with van der Waals surface area (Å²) in [5.74, 6) is -0.712. The lowest BCUT2D eigenvalue weighted by Crippen LogP contribution is -2.14. The molecule has 0 aliphatic rings. The normalized spacial score (nSPS) is 9.92. The average molecular weight is 232 g/mol. The van der Waals surface area contributed by atoms with Crippen LogP contribution in [0.5, 0.6) is 0 Å². The van der Waals surface area contributed by atoms with Gasteiger partial charge in [-0.15, -0.1) is 0 Å². The zero-order valence-corrected chi connectivity index (χ0v) is 7.77. The molecule has 1 rings (SSSR count). The molecule has 12 heavy (non-hydrogen) atoms. The minimum absolute atomic E-state index is 0.109. The third kappa shape index (κ3) is 1.89. The lowest BCUT2D eigenvalue weighted by Gasteiger charge is -2.00. The molecule has 4 heteroatoms. The summed E-state index contributed by atoms with van der Waals surface area (Å²) in [7, 11) is 0. The van der Waals surface area contributed by atoms with Crippen LogP contribution in [0.3, 0.4) is 0 Å². The molecule has 0 aromatic heterocycles. The highest BCUT2D eigenvalue weighted by molar-refractivity contribution is 9.10. The molecule has 0 radical (unpaired) electrons. The minimum Gasteiger partial charge on any atom is -0.324 e. The first-order valence-corrected chi connectivity index (χ1v) is 4.12. The molecule has 0 bridgehead atoms. The van der Waals surface area contributed by atoms with Gasteiger partial charge in [-0.05, 0) is 18.2 Å². The molecule has 0 heterocycles. The van der Waals surface area contributed by atoms with Crippen LogP contribution >= 0.6 is 15.9 Å². The van der Waals surface area contributed by atoms with Crippen molar-refractivity contribution in [1.29, 1.82) is 0 Å². The van der Waals surface area contributed by atoms with E-state index in [0.717, 1.165) is 0 Å². The topological polar surface area (TPSA) is 43.1 Å². The fourth-order valence-electron chi connectivity index (χ4n) is 0.821. The summed E-state index contributed by atoms with van der Waals surface area (Å²) in [5, 5.41) is 0. The van der Waals surface area contributed by atoms with Gasteiger partial charge in [0, 0.05) is 10.0 Å². The highest BCUT2D eigenvalue weighted by Gasteiger charge is 2.08. The quantitative estimate of drug-likeness (QED) is 0.789. The Bertz CT molecular complexity index is 314. The van der Waals surface area contributed by atoms with Gasteiger partial charge in [-0.3, -0.25) is 4.79 Å².